The highest BCUT2D eigenvalue weighted by molar-refractivity contribution is 7.10. The first kappa shape index (κ1) is 16.2. The van der Waals surface area contributed by atoms with Crippen LogP contribution in [0.5, 0.6) is 0 Å². The van der Waals surface area contributed by atoms with Gasteiger partial charge in [-0.05, 0) is 24.9 Å². The van der Waals surface area contributed by atoms with Crippen molar-refractivity contribution < 1.29 is 4.79 Å². The van der Waals surface area contributed by atoms with Crippen molar-refractivity contribution in [2.24, 2.45) is 7.05 Å². The van der Waals surface area contributed by atoms with Gasteiger partial charge in [-0.15, -0.1) is 11.3 Å². The molecule has 1 saturated heterocycles. The van der Waals surface area contributed by atoms with E-state index >= 15 is 0 Å². The van der Waals surface area contributed by atoms with Crippen molar-refractivity contribution in [1.82, 2.24) is 19.4 Å². The molecular formula is C17H24N4OS. The topological polar surface area (TPSA) is 41.4 Å². The van der Waals surface area contributed by atoms with Crippen molar-refractivity contribution in [1.29, 1.82) is 0 Å². The molecule has 23 heavy (non-hydrogen) atoms. The average Bonchev–Trinajstić information content (AvgIpc) is 3.24. The Morgan fingerprint density at radius 1 is 1.48 bits per heavy atom. The number of aryl methyl sites for hydroxylation is 1. The third kappa shape index (κ3) is 3.19. The molecule has 1 aliphatic rings. The van der Waals surface area contributed by atoms with Crippen molar-refractivity contribution in [3.05, 3.63) is 40.6 Å². The number of aromatic nitrogens is 2. The Morgan fingerprint density at radius 2 is 2.30 bits per heavy atom. The highest BCUT2D eigenvalue weighted by atomic mass is 32.1. The fourth-order valence-electron chi connectivity index (χ4n) is 3.28. The summed E-state index contributed by atoms with van der Waals surface area (Å²) in [4.78, 5) is 22.9. The Balaban J connectivity index is 1.77. The summed E-state index contributed by atoms with van der Waals surface area (Å²) < 4.78 is 2.06. The molecule has 5 nitrogen and oxygen atoms in total. The maximum Gasteiger partial charge on any atom is 0.230 e. The molecule has 0 radical (unpaired) electrons. The lowest BCUT2D eigenvalue weighted by atomic mass is 10.1. The number of hydrogen-bond donors (Lipinski definition) is 0. The second-order valence-electron chi connectivity index (χ2n) is 6.06. The van der Waals surface area contributed by atoms with Crippen LogP contribution < -0.4 is 0 Å². The number of piperazine rings is 1. The lowest BCUT2D eigenvalue weighted by Gasteiger charge is -2.41. The van der Waals surface area contributed by atoms with Gasteiger partial charge in [0.05, 0.1) is 12.0 Å². The Bertz CT molecular complexity index is 651. The van der Waals surface area contributed by atoms with E-state index in [1.54, 1.807) is 11.3 Å². The number of rotatable bonds is 4. The van der Waals surface area contributed by atoms with E-state index < -0.39 is 0 Å². The minimum Gasteiger partial charge on any atom is -0.339 e. The molecule has 0 bridgehead atoms. The molecule has 2 unspecified atom stereocenters. The first-order valence-electron chi connectivity index (χ1n) is 8.15. The SMILES string of the molecule is CCN1CCN(C(=O)C(C)c2cccs2)CC1c1nccn1C. The molecule has 0 saturated carbocycles. The van der Waals surface area contributed by atoms with Crippen LogP contribution in [0.25, 0.3) is 0 Å². The quantitative estimate of drug-likeness (QED) is 0.864. The Morgan fingerprint density at radius 3 is 2.91 bits per heavy atom. The Kier molecular flexibility index (Phi) is 4.82. The molecule has 0 aliphatic carbocycles. The Labute approximate surface area is 141 Å². The average molecular weight is 332 g/mol. The van der Waals surface area contributed by atoms with Crippen LogP contribution in [0, 0.1) is 0 Å². The number of amides is 1. The van der Waals surface area contributed by atoms with Crippen LogP contribution in [0.2, 0.25) is 0 Å². The molecule has 3 heterocycles. The third-order valence-electron chi connectivity index (χ3n) is 4.71. The minimum absolute atomic E-state index is 0.0646. The van der Waals surface area contributed by atoms with E-state index in [1.165, 1.54) is 0 Å². The van der Waals surface area contributed by atoms with E-state index in [2.05, 4.69) is 21.4 Å². The fraction of sp³-hybridized carbons (Fsp3) is 0.529. The molecule has 1 fully saturated rings. The molecule has 124 valence electrons. The Hall–Kier alpha value is -1.66. The zero-order valence-electron chi connectivity index (χ0n) is 14.0. The van der Waals surface area contributed by atoms with E-state index in [0.29, 0.717) is 6.54 Å². The summed E-state index contributed by atoms with van der Waals surface area (Å²) in [5.74, 6) is 1.20. The summed E-state index contributed by atoms with van der Waals surface area (Å²) in [6, 6.07) is 4.23. The van der Waals surface area contributed by atoms with Crippen LogP contribution in [-0.2, 0) is 11.8 Å². The number of carbonyl (C=O) groups excluding carboxylic acids is 1. The highest BCUT2D eigenvalue weighted by Gasteiger charge is 2.33. The molecule has 2 atom stereocenters. The molecule has 3 rings (SSSR count). The number of imidazole rings is 1. The van der Waals surface area contributed by atoms with Crippen LogP contribution >= 0.6 is 11.3 Å². The van der Waals surface area contributed by atoms with Gasteiger partial charge in [0, 0.05) is 44.0 Å². The standard InChI is InChI=1S/C17H24N4OS/c1-4-20-9-10-21(12-14(20)16-18-7-8-19(16)3)17(22)13(2)15-6-5-11-23-15/h5-8,11,13-14H,4,9-10,12H2,1-3H3. The van der Waals surface area contributed by atoms with Gasteiger partial charge in [0.2, 0.25) is 5.91 Å². The largest absolute Gasteiger partial charge is 0.339 e. The monoisotopic (exact) mass is 332 g/mol. The van der Waals surface area contributed by atoms with Crippen LogP contribution in [0.1, 0.15) is 36.5 Å². The zero-order chi connectivity index (χ0) is 16.4. The van der Waals surface area contributed by atoms with Crippen molar-refractivity contribution >= 4 is 17.2 Å². The van der Waals surface area contributed by atoms with Crippen LogP contribution in [0.3, 0.4) is 0 Å². The molecular weight excluding hydrogens is 308 g/mol. The third-order valence-corrected chi connectivity index (χ3v) is 5.76. The van der Waals surface area contributed by atoms with Crippen LogP contribution in [0.4, 0.5) is 0 Å². The number of thiophene rings is 1. The zero-order valence-corrected chi connectivity index (χ0v) is 14.8. The summed E-state index contributed by atoms with van der Waals surface area (Å²) in [6.45, 7) is 7.56. The van der Waals surface area contributed by atoms with Gasteiger partial charge in [-0.2, -0.15) is 0 Å². The minimum atomic E-state index is -0.0646. The lowest BCUT2D eigenvalue weighted by molar-refractivity contribution is -0.135. The molecule has 2 aromatic heterocycles. The molecule has 0 N–H and O–H groups in total. The summed E-state index contributed by atoms with van der Waals surface area (Å²) in [5, 5.41) is 2.03. The van der Waals surface area contributed by atoms with Crippen LogP contribution in [0.15, 0.2) is 29.9 Å². The van der Waals surface area contributed by atoms with Gasteiger partial charge in [-0.25, -0.2) is 4.98 Å². The first-order valence-corrected chi connectivity index (χ1v) is 9.03. The van der Waals surface area contributed by atoms with Gasteiger partial charge in [0.15, 0.2) is 0 Å². The van der Waals surface area contributed by atoms with Gasteiger partial charge in [-0.1, -0.05) is 13.0 Å². The van der Waals surface area contributed by atoms with E-state index in [1.807, 2.05) is 48.8 Å². The predicted octanol–water partition coefficient (Wildman–Crippen LogP) is 2.49. The molecule has 2 aromatic rings. The van der Waals surface area contributed by atoms with Gasteiger partial charge in [0.25, 0.3) is 0 Å². The summed E-state index contributed by atoms with van der Waals surface area (Å²) in [7, 11) is 2.02. The maximum absolute atomic E-state index is 12.9. The number of carbonyl (C=O) groups is 1. The van der Waals surface area contributed by atoms with Gasteiger partial charge >= 0.3 is 0 Å². The second kappa shape index (κ2) is 6.84. The van der Waals surface area contributed by atoms with E-state index in [9.17, 15) is 4.79 Å². The van der Waals surface area contributed by atoms with E-state index in [0.717, 1.165) is 30.3 Å². The highest BCUT2D eigenvalue weighted by Crippen LogP contribution is 2.28. The van der Waals surface area contributed by atoms with Crippen molar-refractivity contribution in [2.75, 3.05) is 26.2 Å². The molecule has 1 amide bonds. The summed E-state index contributed by atoms with van der Waals surface area (Å²) >= 11 is 1.66. The molecule has 0 aromatic carbocycles. The second-order valence-corrected chi connectivity index (χ2v) is 7.04. The number of nitrogens with zero attached hydrogens (tertiary/aromatic N) is 4. The molecule has 6 heteroatoms. The summed E-state index contributed by atoms with van der Waals surface area (Å²) in [6.07, 6.45) is 3.80. The van der Waals surface area contributed by atoms with Gasteiger partial charge in [-0.3, -0.25) is 9.69 Å². The summed E-state index contributed by atoms with van der Waals surface area (Å²) in [5.41, 5.74) is 0. The number of hydrogen-bond acceptors (Lipinski definition) is 4. The van der Waals surface area contributed by atoms with Crippen LogP contribution in [-0.4, -0.2) is 51.4 Å². The van der Waals surface area contributed by atoms with E-state index in [-0.39, 0.29) is 17.9 Å². The first-order chi connectivity index (χ1) is 11.1. The lowest BCUT2D eigenvalue weighted by Crippen LogP contribution is -2.51. The van der Waals surface area contributed by atoms with E-state index in [4.69, 9.17) is 0 Å². The van der Waals surface area contributed by atoms with Gasteiger partial charge in [0.1, 0.15) is 5.82 Å². The predicted molar refractivity (Wildman–Crippen MR) is 92.5 cm³/mol. The normalized spacial score (nSPS) is 20.7. The smallest absolute Gasteiger partial charge is 0.230 e. The van der Waals surface area contributed by atoms with Crippen molar-refractivity contribution in [2.45, 2.75) is 25.8 Å². The molecule has 1 aliphatic heterocycles. The van der Waals surface area contributed by atoms with Crippen molar-refractivity contribution in [3.63, 3.8) is 0 Å². The van der Waals surface area contributed by atoms with Gasteiger partial charge < -0.3 is 9.47 Å². The van der Waals surface area contributed by atoms with Crippen molar-refractivity contribution in [3.8, 4) is 0 Å². The maximum atomic E-state index is 12.9. The fourth-order valence-corrected chi connectivity index (χ4v) is 4.05. The number of likely N-dealkylation sites (N-methyl/N-ethyl adjacent to an activating group) is 1. The molecule has 0 spiro atoms.